The summed E-state index contributed by atoms with van der Waals surface area (Å²) in [6.07, 6.45) is 5.95. The predicted molar refractivity (Wildman–Crippen MR) is 231 cm³/mol. The molecule has 2 amide bonds. The Labute approximate surface area is 355 Å². The van der Waals surface area contributed by atoms with Gasteiger partial charge in [-0.2, -0.15) is 10.2 Å². The Hall–Kier alpha value is -6.04. The molecule has 0 saturated heterocycles. The number of carbonyl (C=O) groups excluding carboxylic acids is 2. The molecule has 2 atom stereocenters. The van der Waals surface area contributed by atoms with Gasteiger partial charge in [-0.15, -0.1) is 0 Å². The molecular formula is C43H49N7O9S2. The smallest absolute Gasteiger partial charge is 0.264 e. The number of amides is 2. The number of nitrogens with two attached hydrogens (primary N) is 1. The Bertz CT molecular complexity index is 2830. The zero-order chi connectivity index (χ0) is 45.2. The van der Waals surface area contributed by atoms with Crippen LogP contribution in [-0.4, -0.2) is 97.9 Å². The second kappa shape index (κ2) is 19.6. The number of benzene rings is 3. The quantitative estimate of drug-likeness (QED) is 0.0602. The maximum Gasteiger partial charge on any atom is 0.264 e. The van der Waals surface area contributed by atoms with Gasteiger partial charge in [-0.1, -0.05) is 35.8 Å². The summed E-state index contributed by atoms with van der Waals surface area (Å²) in [7, 11) is -7.53. The predicted octanol–water partition coefficient (Wildman–Crippen LogP) is 2.50. The van der Waals surface area contributed by atoms with Gasteiger partial charge < -0.3 is 10.8 Å². The van der Waals surface area contributed by atoms with E-state index >= 15 is 0 Å². The Kier molecular flexibility index (Phi) is 15.3. The van der Waals surface area contributed by atoms with Gasteiger partial charge in [-0.3, -0.25) is 29.4 Å². The van der Waals surface area contributed by atoms with E-state index in [0.29, 0.717) is 11.9 Å². The van der Waals surface area contributed by atoms with Crippen molar-refractivity contribution in [2.75, 3.05) is 19.1 Å². The number of sulfone groups is 2. The molecule has 5 aromatic rings. The summed E-state index contributed by atoms with van der Waals surface area (Å²) < 4.78 is 47.9. The molecule has 0 radical (unpaired) electrons. The van der Waals surface area contributed by atoms with Gasteiger partial charge >= 0.3 is 0 Å². The van der Waals surface area contributed by atoms with Gasteiger partial charge in [0.15, 0.2) is 29.2 Å². The van der Waals surface area contributed by atoms with Crippen molar-refractivity contribution in [3.63, 3.8) is 0 Å². The van der Waals surface area contributed by atoms with E-state index in [1.807, 2.05) is 54.6 Å². The highest BCUT2D eigenvalue weighted by molar-refractivity contribution is 7.93. The van der Waals surface area contributed by atoms with Crippen LogP contribution in [0.5, 0.6) is 0 Å². The largest absolute Gasteiger partial charge is 0.396 e. The minimum absolute atomic E-state index is 0.0504. The van der Waals surface area contributed by atoms with E-state index in [1.165, 1.54) is 24.8 Å². The average molecular weight is 872 g/mol. The van der Waals surface area contributed by atoms with E-state index in [9.17, 15) is 26.4 Å². The van der Waals surface area contributed by atoms with E-state index in [4.69, 9.17) is 21.3 Å². The fraction of sp³-hybridized carbons (Fsp3) is 0.349. The number of nitrogens with zero attached hydrogens (tertiary/aromatic N) is 4. The first-order valence-electron chi connectivity index (χ1n) is 18.8. The van der Waals surface area contributed by atoms with Crippen LogP contribution in [0, 0.1) is 35.5 Å². The highest BCUT2D eigenvalue weighted by Crippen LogP contribution is 2.25. The summed E-state index contributed by atoms with van der Waals surface area (Å²) in [6.45, 7) is 6.59. The van der Waals surface area contributed by atoms with Crippen molar-refractivity contribution in [3.8, 4) is 35.5 Å². The first kappa shape index (κ1) is 47.6. The van der Waals surface area contributed by atoms with Crippen LogP contribution in [0.3, 0.4) is 0 Å². The van der Waals surface area contributed by atoms with Crippen molar-refractivity contribution in [3.05, 3.63) is 95.3 Å². The monoisotopic (exact) mass is 871 g/mol. The van der Waals surface area contributed by atoms with Gasteiger partial charge in [0.05, 0.1) is 16.6 Å². The van der Waals surface area contributed by atoms with E-state index in [1.54, 1.807) is 41.7 Å². The number of aliphatic hydroxyl groups excluding tert-OH is 1. The lowest BCUT2D eigenvalue weighted by molar-refractivity contribution is -0.132. The molecule has 16 nitrogen and oxygen atoms in total. The van der Waals surface area contributed by atoms with Crippen LogP contribution >= 0.6 is 0 Å². The third-order valence-corrected chi connectivity index (χ3v) is 14.0. The summed E-state index contributed by atoms with van der Waals surface area (Å²) in [6, 6.07) is 18.7. The summed E-state index contributed by atoms with van der Waals surface area (Å²) in [5.74, 6) is 15.5. The van der Waals surface area contributed by atoms with Crippen molar-refractivity contribution in [2.45, 2.75) is 75.1 Å². The van der Waals surface area contributed by atoms with E-state index in [-0.39, 0.29) is 32.5 Å². The summed E-state index contributed by atoms with van der Waals surface area (Å²) in [5.41, 5.74) is 12.9. The van der Waals surface area contributed by atoms with Gasteiger partial charge in [0.2, 0.25) is 0 Å². The molecule has 0 aliphatic carbocycles. The van der Waals surface area contributed by atoms with Gasteiger partial charge in [-0.05, 0) is 113 Å². The molecule has 0 fully saturated rings. The Balaban J connectivity index is 0.000000270. The van der Waals surface area contributed by atoms with Crippen LogP contribution in [0.15, 0.2) is 73.1 Å². The maximum absolute atomic E-state index is 12.1. The number of nitrogens with one attached hydrogen (secondary N) is 2. The van der Waals surface area contributed by atoms with E-state index < -0.39 is 46.5 Å². The number of aromatic nitrogens is 4. The second-order valence-electron chi connectivity index (χ2n) is 15.4. The zero-order valence-electron chi connectivity index (χ0n) is 34.6. The lowest BCUT2D eigenvalue weighted by Crippen LogP contribution is -2.49. The molecule has 322 valence electrons. The summed E-state index contributed by atoms with van der Waals surface area (Å²) in [5, 5.41) is 37.3. The molecule has 2 aromatic heterocycles. The van der Waals surface area contributed by atoms with Crippen LogP contribution in [-0.2, 0) is 48.8 Å². The number of carbonyl (C=O) groups is 2. The molecule has 5 rings (SSSR count). The molecule has 0 aliphatic rings. The minimum atomic E-state index is -3.77. The molecule has 0 unspecified atom stereocenters. The van der Waals surface area contributed by atoms with Crippen molar-refractivity contribution in [1.82, 2.24) is 30.5 Å². The highest BCUT2D eigenvalue weighted by Gasteiger charge is 2.44. The van der Waals surface area contributed by atoms with Gasteiger partial charge in [0.25, 0.3) is 11.8 Å². The first-order chi connectivity index (χ1) is 28.5. The molecule has 0 spiro atoms. The second-order valence-corrected chi connectivity index (χ2v) is 20.3. The molecule has 0 bridgehead atoms. The number of hydroxylamine groups is 2. The fourth-order valence-corrected chi connectivity index (χ4v) is 7.38. The third-order valence-electron chi connectivity index (χ3n) is 9.90. The van der Waals surface area contributed by atoms with Crippen molar-refractivity contribution in [2.24, 2.45) is 5.73 Å². The summed E-state index contributed by atoms with van der Waals surface area (Å²) in [4.78, 5) is 23.9. The van der Waals surface area contributed by atoms with Crippen molar-refractivity contribution in [1.29, 1.82) is 0 Å². The average Bonchev–Trinajstić information content (AvgIpc) is 3.81. The number of hydrogen-bond acceptors (Lipinski definition) is 12. The van der Waals surface area contributed by atoms with E-state index in [2.05, 4.69) is 45.7 Å². The minimum Gasteiger partial charge on any atom is -0.396 e. The molecule has 0 aliphatic heterocycles. The van der Waals surface area contributed by atoms with Gasteiger partial charge in [0.1, 0.15) is 0 Å². The Morgan fingerprint density at radius 1 is 0.689 bits per heavy atom. The molecule has 2 heterocycles. The van der Waals surface area contributed by atoms with Crippen LogP contribution < -0.4 is 16.7 Å². The molecular weight excluding hydrogens is 823 g/mol. The number of rotatable bonds is 12. The number of aryl methyl sites for hydroxylation is 2. The van der Waals surface area contributed by atoms with Crippen LogP contribution in [0.1, 0.15) is 62.8 Å². The standard InChI is InChI=1S/C23H25N3O5S.C20H24N4O4S/c1-23(22(28)25-29,32(2,30)31)12-13-26-16-20-15-19(9-10-21(20)24-26)8-7-17-3-5-18(6-4-17)11-14-27;1-19(2,21)10-6-5-7-15-8-9-17-16(13-15)14-24(22-17)12-11-20(3,18(25)23-26)29(4,27)28/h3-6,9-10,15-16,27,29H,11-14H2,1-2H3,(H,25,28);8-9,13-14,26H,11-12,21H2,1-4H3,(H,23,25)/t23-;20-/m11/s1. The lowest BCUT2D eigenvalue weighted by atomic mass is 10.1. The van der Waals surface area contributed by atoms with Crippen molar-refractivity contribution < 1.29 is 41.9 Å². The molecule has 0 saturated carbocycles. The molecule has 18 heteroatoms. The molecule has 61 heavy (non-hydrogen) atoms. The molecule has 3 aromatic carbocycles. The lowest BCUT2D eigenvalue weighted by Gasteiger charge is -2.24. The zero-order valence-corrected chi connectivity index (χ0v) is 36.3. The highest BCUT2D eigenvalue weighted by atomic mass is 32.2. The van der Waals surface area contributed by atoms with Gasteiger partial charge in [0, 0.05) is 72.1 Å². The summed E-state index contributed by atoms with van der Waals surface area (Å²) >= 11 is 0. The van der Waals surface area contributed by atoms with Crippen molar-refractivity contribution >= 4 is 53.3 Å². The van der Waals surface area contributed by atoms with E-state index in [0.717, 1.165) is 51.1 Å². The fourth-order valence-electron chi connectivity index (χ4n) is 5.69. The normalized spacial score (nSPS) is 13.4. The maximum atomic E-state index is 12.1. The third kappa shape index (κ3) is 12.5. The molecule has 7 N–H and O–H groups in total. The first-order valence-corrected chi connectivity index (χ1v) is 22.6. The Morgan fingerprint density at radius 3 is 1.52 bits per heavy atom. The Morgan fingerprint density at radius 2 is 1.11 bits per heavy atom. The number of fused-ring (bicyclic) bond motifs is 2. The topological polar surface area (TPSA) is 249 Å². The van der Waals surface area contributed by atoms with Crippen LogP contribution in [0.4, 0.5) is 0 Å². The van der Waals surface area contributed by atoms with Crippen LogP contribution in [0.2, 0.25) is 0 Å². The van der Waals surface area contributed by atoms with Crippen LogP contribution in [0.25, 0.3) is 21.8 Å². The SMILES string of the molecule is CC(C)(N)C#CC#Cc1ccc2nn(CC[C@](C)(C(=O)NO)S(C)(=O)=O)cc2c1.C[C@@](CCn1cc2cc(C#Cc3ccc(CCO)cc3)ccc2n1)(C(=O)NO)S(C)(=O)=O. The number of aliphatic hydroxyl groups is 1. The van der Waals surface area contributed by atoms with Gasteiger partial charge in [-0.25, -0.2) is 27.8 Å². The number of hydrogen-bond donors (Lipinski definition) is 6.